The van der Waals surface area contributed by atoms with Crippen LogP contribution in [0.4, 0.5) is 0 Å². The van der Waals surface area contributed by atoms with Crippen molar-refractivity contribution in [3.8, 4) is 0 Å². The first kappa shape index (κ1) is 52.2. The highest BCUT2D eigenvalue weighted by Gasteiger charge is 2.26. The van der Waals surface area contributed by atoms with E-state index in [4.69, 9.17) is 23.6 Å². The van der Waals surface area contributed by atoms with E-state index >= 15 is 0 Å². The van der Waals surface area contributed by atoms with Crippen molar-refractivity contribution in [3.63, 3.8) is 0 Å². The molecule has 0 aromatic heterocycles. The molecule has 0 fully saturated rings. The van der Waals surface area contributed by atoms with Gasteiger partial charge in [-0.2, -0.15) is 0 Å². The van der Waals surface area contributed by atoms with Gasteiger partial charge in [-0.1, -0.05) is 145 Å². The highest BCUT2D eigenvalue weighted by atomic mass is 31.2. The van der Waals surface area contributed by atoms with Crippen LogP contribution >= 0.6 is 7.82 Å². The third kappa shape index (κ3) is 39.8. The van der Waals surface area contributed by atoms with Crippen LogP contribution in [0.2, 0.25) is 0 Å². The van der Waals surface area contributed by atoms with E-state index in [2.05, 4.69) is 74.6 Å². The fourth-order valence-corrected chi connectivity index (χ4v) is 6.19. The van der Waals surface area contributed by atoms with Gasteiger partial charge in [0.15, 0.2) is 0 Å². The van der Waals surface area contributed by atoms with Gasteiger partial charge < -0.3 is 24.6 Å². The van der Waals surface area contributed by atoms with Gasteiger partial charge >= 0.3 is 13.8 Å². The smallest absolute Gasteiger partial charge is 0.457 e. The number of esters is 1. The number of allylic oxidation sites excluding steroid dienone is 10. The Morgan fingerprint density at radius 2 is 1.04 bits per heavy atom. The summed E-state index contributed by atoms with van der Waals surface area (Å²) in [7, 11) is -4.52. The minimum atomic E-state index is -4.52. The Kier molecular flexibility index (Phi) is 39.4. The average molecular weight is 783 g/mol. The number of phosphoric acid groups is 1. The van der Waals surface area contributed by atoms with Crippen molar-refractivity contribution in [1.82, 2.24) is 0 Å². The zero-order chi connectivity index (χ0) is 39.6. The van der Waals surface area contributed by atoms with Crippen LogP contribution in [-0.4, -0.2) is 66.3 Å². The maximum atomic E-state index is 12.6. The minimum Gasteiger partial charge on any atom is -0.457 e. The molecular formula is C44H79O9P. The fourth-order valence-electron chi connectivity index (χ4n) is 5.40. The lowest BCUT2D eigenvalue weighted by atomic mass is 10.1. The third-order valence-electron chi connectivity index (χ3n) is 8.66. The van der Waals surface area contributed by atoms with Crippen molar-refractivity contribution in [2.45, 2.75) is 180 Å². The largest absolute Gasteiger partial charge is 0.472 e. The van der Waals surface area contributed by atoms with Gasteiger partial charge in [0.05, 0.1) is 26.4 Å². The summed E-state index contributed by atoms with van der Waals surface area (Å²) < 4.78 is 33.3. The molecule has 10 heteroatoms. The normalized spacial score (nSPS) is 14.7. The molecule has 314 valence electrons. The molecule has 0 rings (SSSR count). The number of carbonyl (C=O) groups is 1. The second kappa shape index (κ2) is 40.8. The van der Waals surface area contributed by atoms with E-state index in [-0.39, 0.29) is 19.6 Å². The number of hydrogen-bond acceptors (Lipinski definition) is 8. The zero-order valence-electron chi connectivity index (χ0n) is 34.2. The van der Waals surface area contributed by atoms with E-state index in [0.717, 1.165) is 83.5 Å². The summed E-state index contributed by atoms with van der Waals surface area (Å²) in [6.45, 7) is 3.37. The highest BCUT2D eigenvalue weighted by molar-refractivity contribution is 7.47. The molecule has 0 heterocycles. The molecule has 3 unspecified atom stereocenters. The fraction of sp³-hybridized carbons (Fsp3) is 0.750. The Bertz CT molecular complexity index is 1020. The van der Waals surface area contributed by atoms with Gasteiger partial charge in [0.1, 0.15) is 12.2 Å². The summed E-state index contributed by atoms with van der Waals surface area (Å²) in [4.78, 5) is 22.5. The van der Waals surface area contributed by atoms with Crippen molar-refractivity contribution in [2.75, 3.05) is 33.0 Å². The van der Waals surface area contributed by atoms with Crippen LogP contribution in [0.15, 0.2) is 60.8 Å². The summed E-state index contributed by atoms with van der Waals surface area (Å²) in [6.07, 6.45) is 46.0. The highest BCUT2D eigenvalue weighted by Crippen LogP contribution is 2.43. The lowest BCUT2D eigenvalue weighted by Crippen LogP contribution is -2.29. The predicted molar refractivity (Wildman–Crippen MR) is 223 cm³/mol. The molecule has 54 heavy (non-hydrogen) atoms. The summed E-state index contributed by atoms with van der Waals surface area (Å²) in [6, 6.07) is 0. The van der Waals surface area contributed by atoms with Crippen LogP contribution < -0.4 is 0 Å². The predicted octanol–water partition coefficient (Wildman–Crippen LogP) is 11.6. The van der Waals surface area contributed by atoms with Gasteiger partial charge in [-0.25, -0.2) is 4.57 Å². The van der Waals surface area contributed by atoms with Gasteiger partial charge in [0.25, 0.3) is 0 Å². The summed E-state index contributed by atoms with van der Waals surface area (Å²) in [5.41, 5.74) is 0. The van der Waals surface area contributed by atoms with Gasteiger partial charge in [-0.05, 0) is 77.0 Å². The lowest BCUT2D eigenvalue weighted by molar-refractivity contribution is -0.154. The van der Waals surface area contributed by atoms with Crippen LogP contribution in [0.25, 0.3) is 0 Å². The van der Waals surface area contributed by atoms with E-state index in [0.29, 0.717) is 13.0 Å². The first-order chi connectivity index (χ1) is 26.3. The minimum absolute atomic E-state index is 0.0341. The number of aliphatic hydroxyl groups excluding tert-OH is 2. The molecule has 0 bridgehead atoms. The van der Waals surface area contributed by atoms with Crippen molar-refractivity contribution in [3.05, 3.63) is 60.8 Å². The van der Waals surface area contributed by atoms with Crippen LogP contribution in [0.5, 0.6) is 0 Å². The number of rotatable bonds is 40. The quantitative estimate of drug-likeness (QED) is 0.0240. The van der Waals surface area contributed by atoms with Crippen LogP contribution in [-0.2, 0) is 27.9 Å². The Labute approximate surface area is 330 Å². The van der Waals surface area contributed by atoms with Gasteiger partial charge in [0.2, 0.25) is 0 Å². The molecule has 0 amide bonds. The van der Waals surface area contributed by atoms with Crippen LogP contribution in [0, 0.1) is 0 Å². The first-order valence-corrected chi connectivity index (χ1v) is 22.8. The van der Waals surface area contributed by atoms with Crippen LogP contribution in [0.3, 0.4) is 0 Å². The first-order valence-electron chi connectivity index (χ1n) is 21.3. The van der Waals surface area contributed by atoms with E-state index < -0.39 is 39.2 Å². The van der Waals surface area contributed by atoms with E-state index in [9.17, 15) is 19.4 Å². The zero-order valence-corrected chi connectivity index (χ0v) is 35.1. The lowest BCUT2D eigenvalue weighted by Gasteiger charge is -2.20. The number of unbranched alkanes of at least 4 members (excludes halogenated alkanes) is 16. The maximum absolute atomic E-state index is 12.6. The van der Waals surface area contributed by atoms with E-state index in [1.54, 1.807) is 0 Å². The molecule has 0 aliphatic rings. The number of hydrogen-bond donors (Lipinski definition) is 3. The number of aliphatic hydroxyl groups is 2. The van der Waals surface area contributed by atoms with Gasteiger partial charge in [-0.3, -0.25) is 13.8 Å². The Morgan fingerprint density at radius 1 is 0.574 bits per heavy atom. The van der Waals surface area contributed by atoms with Crippen molar-refractivity contribution in [1.29, 1.82) is 0 Å². The van der Waals surface area contributed by atoms with Gasteiger partial charge in [-0.15, -0.1) is 0 Å². The topological polar surface area (TPSA) is 132 Å². The Hall–Kier alpha value is -1.84. The van der Waals surface area contributed by atoms with E-state index in [1.807, 2.05) is 0 Å². The Morgan fingerprint density at radius 3 is 1.57 bits per heavy atom. The molecule has 0 saturated carbocycles. The van der Waals surface area contributed by atoms with Crippen molar-refractivity contribution < 1.29 is 43.0 Å². The van der Waals surface area contributed by atoms with Crippen molar-refractivity contribution in [2.24, 2.45) is 0 Å². The molecule has 0 aromatic rings. The SMILES string of the molecule is CCC/C=C\C/C=C\CCCCCCCC(=O)OC(COCCCCCCCCC/C=C\C/C=C\C/C=C\CCCCC)COP(=O)(O)OCC(O)CO. The monoisotopic (exact) mass is 783 g/mol. The molecule has 3 N–H and O–H groups in total. The van der Waals surface area contributed by atoms with E-state index in [1.165, 1.54) is 57.8 Å². The number of ether oxygens (including phenoxy) is 2. The summed E-state index contributed by atoms with van der Waals surface area (Å²) in [5.74, 6) is -0.403. The molecule has 0 saturated heterocycles. The summed E-state index contributed by atoms with van der Waals surface area (Å²) in [5, 5.41) is 18.3. The standard InChI is InChI=1S/C44H79O9P/c1-3-5-7-9-11-13-15-17-18-19-20-21-22-23-25-27-29-31-33-35-37-50-40-43(41-52-54(48,49)51-39-42(46)38-45)53-44(47)36-34-32-30-28-26-24-16-14-12-10-8-6-4-2/h8,10-11,13-14,16-18,20-21,42-43,45-46H,3-7,9,12,15,19,22-41H2,1-2H3,(H,48,49)/b10-8-,13-11-,16-14-,18-17-,21-20-. The van der Waals surface area contributed by atoms with Gasteiger partial charge in [0, 0.05) is 13.0 Å². The average Bonchev–Trinajstić information content (AvgIpc) is 3.16. The number of carbonyl (C=O) groups excluding carboxylic acids is 1. The second-order valence-electron chi connectivity index (χ2n) is 14.0. The van der Waals surface area contributed by atoms with Crippen LogP contribution in [0.1, 0.15) is 168 Å². The summed E-state index contributed by atoms with van der Waals surface area (Å²) >= 11 is 0. The molecule has 0 aliphatic heterocycles. The van der Waals surface area contributed by atoms with Crippen molar-refractivity contribution >= 4 is 13.8 Å². The molecule has 0 spiro atoms. The second-order valence-corrected chi connectivity index (χ2v) is 15.5. The molecular weight excluding hydrogens is 703 g/mol. The molecule has 9 nitrogen and oxygen atoms in total. The third-order valence-corrected chi connectivity index (χ3v) is 9.61. The molecule has 0 aromatic carbocycles. The number of phosphoric ester groups is 1. The molecule has 3 atom stereocenters. The maximum Gasteiger partial charge on any atom is 0.472 e. The molecule has 0 radical (unpaired) electrons. The molecule has 0 aliphatic carbocycles. The Balaban J connectivity index is 4.20.